The first kappa shape index (κ1) is 52.1. The molecule has 0 radical (unpaired) electrons. The SMILES string of the molecule is CC(C)OC1CCC1.CC(C)OC1CCC1.CC(C)OC1CCC1.CC(C)OC1CCCCC1.CC(C)OC1CCCCC1.CC(C)OC1CCSCC1. The predicted octanol–water partition coefficient (Wildman–Crippen LogP) is 13.7. The maximum atomic E-state index is 5.69. The van der Waals surface area contributed by atoms with Crippen LogP contribution in [0.1, 0.15) is 218 Å². The van der Waals surface area contributed by atoms with Crippen molar-refractivity contribution in [2.75, 3.05) is 11.5 Å². The standard InChI is InChI=1S/2C9H18O.C8H16OS.3C7H14O/c2*1-8(2)10-9-6-4-3-5-7-9;1-7(2)9-8-3-5-10-6-4-8;3*1-6(2)8-7-4-3-5-7/h2*8-9H,3-7H2,1-2H3;7-8H,3-6H2,1-2H3;3*6-7H,3-5H2,1-2H3. The molecule has 6 rings (SSSR count). The first-order chi connectivity index (χ1) is 25.7. The van der Waals surface area contributed by atoms with Crippen LogP contribution in [0.3, 0.4) is 0 Å². The molecule has 6 nitrogen and oxygen atoms in total. The van der Waals surface area contributed by atoms with Gasteiger partial charge in [0.05, 0.1) is 73.2 Å². The van der Waals surface area contributed by atoms with Crippen LogP contribution >= 0.6 is 11.8 Å². The fraction of sp³-hybridized carbons (Fsp3) is 1.00. The molecule has 1 saturated heterocycles. The molecule has 0 aromatic carbocycles. The van der Waals surface area contributed by atoms with Crippen LogP contribution in [0.25, 0.3) is 0 Å². The van der Waals surface area contributed by atoms with E-state index in [9.17, 15) is 0 Å². The summed E-state index contributed by atoms with van der Waals surface area (Å²) in [4.78, 5) is 0. The Labute approximate surface area is 341 Å². The van der Waals surface area contributed by atoms with Crippen molar-refractivity contribution in [1.82, 2.24) is 0 Å². The quantitative estimate of drug-likeness (QED) is 0.195. The molecule has 0 amide bonds. The minimum atomic E-state index is 0.410. The van der Waals surface area contributed by atoms with Crippen molar-refractivity contribution in [1.29, 1.82) is 0 Å². The van der Waals surface area contributed by atoms with E-state index in [-0.39, 0.29) is 0 Å². The lowest BCUT2D eigenvalue weighted by atomic mass is 9.96. The van der Waals surface area contributed by atoms with Crippen LogP contribution in [0.5, 0.6) is 0 Å². The Balaban J connectivity index is 0.000000325. The Hall–Kier alpha value is 0.110. The molecular formula is C47H94O6S. The van der Waals surface area contributed by atoms with E-state index < -0.39 is 0 Å². The summed E-state index contributed by atoms with van der Waals surface area (Å²) in [5.41, 5.74) is 0. The molecule has 1 heterocycles. The minimum absolute atomic E-state index is 0.410. The second-order valence-corrected chi connectivity index (χ2v) is 19.3. The molecule has 7 heteroatoms. The van der Waals surface area contributed by atoms with Gasteiger partial charge in [0.2, 0.25) is 0 Å². The molecule has 5 saturated carbocycles. The van der Waals surface area contributed by atoms with Crippen molar-refractivity contribution in [2.45, 2.75) is 291 Å². The largest absolute Gasteiger partial charge is 0.376 e. The van der Waals surface area contributed by atoms with Gasteiger partial charge in [0.1, 0.15) is 0 Å². The fourth-order valence-corrected chi connectivity index (χ4v) is 8.11. The molecule has 6 aliphatic rings. The lowest BCUT2D eigenvalue weighted by molar-refractivity contribution is -0.0349. The van der Waals surface area contributed by atoms with Gasteiger partial charge >= 0.3 is 0 Å². The Kier molecular flexibility index (Phi) is 31.9. The highest BCUT2D eigenvalue weighted by molar-refractivity contribution is 7.99. The van der Waals surface area contributed by atoms with Gasteiger partial charge in [-0.25, -0.2) is 0 Å². The first-order valence-corrected chi connectivity index (χ1v) is 24.4. The second-order valence-electron chi connectivity index (χ2n) is 18.1. The molecule has 0 atom stereocenters. The molecule has 0 N–H and O–H groups in total. The van der Waals surface area contributed by atoms with E-state index in [1.54, 1.807) is 0 Å². The average molecular weight is 787 g/mol. The number of hydrogen-bond donors (Lipinski definition) is 0. The van der Waals surface area contributed by atoms with E-state index in [0.717, 1.165) is 0 Å². The molecular weight excluding hydrogens is 693 g/mol. The number of hydrogen-bond acceptors (Lipinski definition) is 7. The van der Waals surface area contributed by atoms with Crippen LogP contribution in [0, 0.1) is 0 Å². The monoisotopic (exact) mass is 787 g/mol. The molecule has 6 fully saturated rings. The highest BCUT2D eigenvalue weighted by Gasteiger charge is 2.20. The van der Waals surface area contributed by atoms with Gasteiger partial charge in [-0.3, -0.25) is 0 Å². The van der Waals surface area contributed by atoms with Gasteiger partial charge in [-0.1, -0.05) is 38.5 Å². The minimum Gasteiger partial charge on any atom is -0.376 e. The molecule has 0 aromatic heterocycles. The van der Waals surface area contributed by atoms with Gasteiger partial charge in [0, 0.05) is 0 Å². The summed E-state index contributed by atoms with van der Waals surface area (Å²) < 4.78 is 33.5. The summed E-state index contributed by atoms with van der Waals surface area (Å²) in [7, 11) is 0. The molecule has 0 unspecified atom stereocenters. The second kappa shape index (κ2) is 33.0. The van der Waals surface area contributed by atoms with E-state index in [4.69, 9.17) is 28.4 Å². The number of ether oxygens (including phenoxy) is 6. The predicted molar refractivity (Wildman–Crippen MR) is 234 cm³/mol. The van der Waals surface area contributed by atoms with Crippen molar-refractivity contribution in [2.24, 2.45) is 0 Å². The molecule has 5 aliphatic carbocycles. The third-order valence-corrected chi connectivity index (χ3v) is 11.3. The fourth-order valence-electron chi connectivity index (χ4n) is 7.04. The van der Waals surface area contributed by atoms with E-state index in [2.05, 4.69) is 83.1 Å². The Bertz CT molecular complexity index is 685. The Morgan fingerprint density at radius 1 is 0.259 bits per heavy atom. The topological polar surface area (TPSA) is 55.4 Å². The summed E-state index contributed by atoms with van der Waals surface area (Å²) in [6, 6.07) is 0. The smallest absolute Gasteiger partial charge is 0.0594 e. The van der Waals surface area contributed by atoms with Crippen molar-refractivity contribution >= 4 is 11.8 Å². The van der Waals surface area contributed by atoms with E-state index >= 15 is 0 Å². The Morgan fingerprint density at radius 3 is 0.611 bits per heavy atom. The van der Waals surface area contributed by atoms with Crippen molar-refractivity contribution < 1.29 is 28.4 Å². The molecule has 1 aliphatic heterocycles. The molecule has 0 bridgehead atoms. The van der Waals surface area contributed by atoms with Gasteiger partial charge in [0.25, 0.3) is 0 Å². The van der Waals surface area contributed by atoms with Crippen molar-refractivity contribution in [3.63, 3.8) is 0 Å². The summed E-state index contributed by atoms with van der Waals surface area (Å²) in [5, 5.41) is 0. The van der Waals surface area contributed by atoms with Gasteiger partial charge < -0.3 is 28.4 Å². The van der Waals surface area contributed by atoms with Gasteiger partial charge in [-0.05, 0) is 191 Å². The van der Waals surface area contributed by atoms with Gasteiger partial charge in [0.15, 0.2) is 0 Å². The van der Waals surface area contributed by atoms with Crippen molar-refractivity contribution in [3.05, 3.63) is 0 Å². The molecule has 0 spiro atoms. The molecule has 0 aromatic rings. The van der Waals surface area contributed by atoms with Gasteiger partial charge in [-0.2, -0.15) is 11.8 Å². The van der Waals surface area contributed by atoms with Crippen molar-refractivity contribution in [3.8, 4) is 0 Å². The highest BCUT2D eigenvalue weighted by Crippen LogP contribution is 2.25. The zero-order valence-corrected chi connectivity index (χ0v) is 38.9. The van der Waals surface area contributed by atoms with Crippen LogP contribution in [0.15, 0.2) is 0 Å². The number of thioether (sulfide) groups is 1. The average Bonchev–Trinajstić information content (AvgIpc) is 3.05. The number of rotatable bonds is 12. The third kappa shape index (κ3) is 31.1. The highest BCUT2D eigenvalue weighted by atomic mass is 32.2. The van der Waals surface area contributed by atoms with E-state index in [1.165, 1.54) is 146 Å². The van der Waals surface area contributed by atoms with Crippen LogP contribution in [-0.4, -0.2) is 84.8 Å². The summed E-state index contributed by atoms with van der Waals surface area (Å²) in [6.07, 6.45) is 33.9. The van der Waals surface area contributed by atoms with Crippen LogP contribution in [0.4, 0.5) is 0 Å². The third-order valence-electron chi connectivity index (χ3n) is 10.2. The summed E-state index contributed by atoms with van der Waals surface area (Å²) in [5.74, 6) is 2.58. The van der Waals surface area contributed by atoms with E-state index in [0.29, 0.717) is 73.2 Å². The zero-order valence-electron chi connectivity index (χ0n) is 38.0. The Morgan fingerprint density at radius 2 is 0.444 bits per heavy atom. The van der Waals surface area contributed by atoms with Crippen LogP contribution < -0.4 is 0 Å². The summed E-state index contributed by atoms with van der Waals surface area (Å²) in [6.45, 7) is 25.3. The van der Waals surface area contributed by atoms with Crippen LogP contribution in [-0.2, 0) is 28.4 Å². The molecule has 324 valence electrons. The zero-order chi connectivity index (χ0) is 40.1. The normalized spacial score (nSPS) is 21.7. The maximum Gasteiger partial charge on any atom is 0.0594 e. The van der Waals surface area contributed by atoms with Crippen LogP contribution in [0.2, 0.25) is 0 Å². The van der Waals surface area contributed by atoms with Gasteiger partial charge in [-0.15, -0.1) is 0 Å². The molecule has 54 heavy (non-hydrogen) atoms. The maximum absolute atomic E-state index is 5.69. The lowest BCUT2D eigenvalue weighted by Crippen LogP contribution is -2.24. The van der Waals surface area contributed by atoms with E-state index in [1.807, 2.05) is 11.8 Å². The summed E-state index contributed by atoms with van der Waals surface area (Å²) >= 11 is 2.05. The first-order valence-electron chi connectivity index (χ1n) is 23.2. The lowest BCUT2D eigenvalue weighted by Gasteiger charge is -2.27.